The summed E-state index contributed by atoms with van der Waals surface area (Å²) in [4.78, 5) is 0. The van der Waals surface area contributed by atoms with Crippen molar-refractivity contribution in [3.05, 3.63) is 34.6 Å². The Morgan fingerprint density at radius 1 is 1.50 bits per heavy atom. The zero-order valence-electron chi connectivity index (χ0n) is 8.55. The van der Waals surface area contributed by atoms with E-state index in [2.05, 4.69) is 0 Å². The van der Waals surface area contributed by atoms with Crippen molar-refractivity contribution in [1.29, 1.82) is 0 Å². The fourth-order valence-electron chi connectivity index (χ4n) is 1.51. The van der Waals surface area contributed by atoms with Crippen molar-refractivity contribution in [1.82, 2.24) is 0 Å². The van der Waals surface area contributed by atoms with Gasteiger partial charge in [-0.25, -0.2) is 4.39 Å². The van der Waals surface area contributed by atoms with E-state index < -0.39 is 6.04 Å². The average molecular weight is 197 g/mol. The molecule has 0 heterocycles. The lowest BCUT2D eigenvalue weighted by atomic mass is 9.98. The van der Waals surface area contributed by atoms with Gasteiger partial charge in [-0.2, -0.15) is 0 Å². The Balaban J connectivity index is 3.17. The lowest BCUT2D eigenvalue weighted by Gasteiger charge is -2.14. The molecule has 0 fully saturated rings. The largest absolute Gasteiger partial charge is 0.394 e. The van der Waals surface area contributed by atoms with Gasteiger partial charge in [0.05, 0.1) is 12.6 Å². The second-order valence-corrected chi connectivity index (χ2v) is 3.44. The third-order valence-corrected chi connectivity index (χ3v) is 2.41. The maximum atomic E-state index is 13.3. The van der Waals surface area contributed by atoms with Gasteiger partial charge in [0.2, 0.25) is 0 Å². The molecule has 3 N–H and O–H groups in total. The van der Waals surface area contributed by atoms with Crippen LogP contribution in [0.5, 0.6) is 0 Å². The molecular formula is C11H16FNO. The number of aryl methyl sites for hydroxylation is 2. The summed E-state index contributed by atoms with van der Waals surface area (Å²) < 4.78 is 13.3. The first-order chi connectivity index (χ1) is 6.60. The van der Waals surface area contributed by atoms with E-state index in [0.717, 1.165) is 11.1 Å². The predicted molar refractivity (Wildman–Crippen MR) is 54.5 cm³/mol. The van der Waals surface area contributed by atoms with Crippen molar-refractivity contribution in [3.8, 4) is 0 Å². The summed E-state index contributed by atoms with van der Waals surface area (Å²) in [6.07, 6.45) is 0.636. The molecule has 0 saturated heterocycles. The predicted octanol–water partition coefficient (Wildman–Crippen LogP) is 1.69. The van der Waals surface area contributed by atoms with Crippen LogP contribution in [0.1, 0.15) is 29.7 Å². The summed E-state index contributed by atoms with van der Waals surface area (Å²) in [5, 5.41) is 8.93. The highest BCUT2D eigenvalue weighted by Crippen LogP contribution is 2.20. The van der Waals surface area contributed by atoms with E-state index >= 15 is 0 Å². The van der Waals surface area contributed by atoms with Gasteiger partial charge in [-0.05, 0) is 36.1 Å². The van der Waals surface area contributed by atoms with Crippen LogP contribution in [0.3, 0.4) is 0 Å². The van der Waals surface area contributed by atoms with Gasteiger partial charge in [0.15, 0.2) is 0 Å². The van der Waals surface area contributed by atoms with E-state index in [0.29, 0.717) is 12.0 Å². The number of aliphatic hydroxyl groups is 1. The smallest absolute Gasteiger partial charge is 0.126 e. The first-order valence-corrected chi connectivity index (χ1v) is 4.75. The van der Waals surface area contributed by atoms with Gasteiger partial charge in [-0.3, -0.25) is 0 Å². The minimum Gasteiger partial charge on any atom is -0.394 e. The Kier molecular flexibility index (Phi) is 3.61. The molecule has 1 aromatic rings. The number of rotatable bonds is 3. The molecule has 1 rings (SSSR count). The fourth-order valence-corrected chi connectivity index (χ4v) is 1.51. The molecule has 1 aromatic carbocycles. The summed E-state index contributed by atoms with van der Waals surface area (Å²) in [5.74, 6) is -0.195. The summed E-state index contributed by atoms with van der Waals surface area (Å²) in [7, 11) is 0. The van der Waals surface area contributed by atoms with Gasteiger partial charge >= 0.3 is 0 Å². The van der Waals surface area contributed by atoms with Crippen molar-refractivity contribution in [2.24, 2.45) is 5.73 Å². The normalized spacial score (nSPS) is 12.9. The van der Waals surface area contributed by atoms with Gasteiger partial charge in [-0.1, -0.05) is 13.0 Å². The van der Waals surface area contributed by atoms with Gasteiger partial charge in [0.1, 0.15) is 5.82 Å². The SMILES string of the molecule is CCc1cc(C(N)CO)c(C)cc1F. The molecule has 0 saturated carbocycles. The summed E-state index contributed by atoms with van der Waals surface area (Å²) in [6, 6.07) is 2.80. The molecule has 0 aromatic heterocycles. The minimum absolute atomic E-state index is 0.115. The van der Waals surface area contributed by atoms with Crippen LogP contribution in [-0.2, 0) is 6.42 Å². The van der Waals surface area contributed by atoms with Gasteiger partial charge < -0.3 is 10.8 Å². The quantitative estimate of drug-likeness (QED) is 0.774. The molecule has 0 bridgehead atoms. The Labute approximate surface area is 83.6 Å². The summed E-state index contributed by atoms with van der Waals surface area (Å²) in [6.45, 7) is 3.57. The molecule has 1 atom stereocenters. The van der Waals surface area contributed by atoms with Crippen LogP contribution in [-0.4, -0.2) is 11.7 Å². The zero-order chi connectivity index (χ0) is 10.7. The summed E-state index contributed by atoms with van der Waals surface area (Å²) in [5.41, 5.74) is 7.96. The van der Waals surface area contributed by atoms with Crippen molar-refractivity contribution in [2.75, 3.05) is 6.61 Å². The van der Waals surface area contributed by atoms with E-state index in [-0.39, 0.29) is 12.4 Å². The van der Waals surface area contributed by atoms with Crippen LogP contribution in [0, 0.1) is 12.7 Å². The Morgan fingerprint density at radius 2 is 2.14 bits per heavy atom. The Bertz CT molecular complexity index is 325. The number of halogens is 1. The summed E-state index contributed by atoms with van der Waals surface area (Å²) >= 11 is 0. The number of hydrogen-bond acceptors (Lipinski definition) is 2. The van der Waals surface area contributed by atoms with E-state index in [1.165, 1.54) is 6.07 Å². The number of aliphatic hydroxyl groups excluding tert-OH is 1. The van der Waals surface area contributed by atoms with Gasteiger partial charge in [0, 0.05) is 0 Å². The monoisotopic (exact) mass is 197 g/mol. The van der Waals surface area contributed by atoms with E-state index in [4.69, 9.17) is 10.8 Å². The van der Waals surface area contributed by atoms with Crippen LogP contribution in [0.4, 0.5) is 4.39 Å². The molecular weight excluding hydrogens is 181 g/mol. The lowest BCUT2D eigenvalue weighted by molar-refractivity contribution is 0.267. The topological polar surface area (TPSA) is 46.2 Å². The molecule has 0 aliphatic carbocycles. The number of hydrogen-bond donors (Lipinski definition) is 2. The number of nitrogens with two attached hydrogens (primary N) is 1. The van der Waals surface area contributed by atoms with Crippen molar-refractivity contribution in [2.45, 2.75) is 26.3 Å². The molecule has 0 radical (unpaired) electrons. The maximum Gasteiger partial charge on any atom is 0.126 e. The zero-order valence-corrected chi connectivity index (χ0v) is 8.55. The second kappa shape index (κ2) is 4.53. The molecule has 0 aliphatic rings. The fraction of sp³-hybridized carbons (Fsp3) is 0.455. The second-order valence-electron chi connectivity index (χ2n) is 3.44. The first-order valence-electron chi connectivity index (χ1n) is 4.75. The van der Waals surface area contributed by atoms with Crippen molar-refractivity contribution >= 4 is 0 Å². The average Bonchev–Trinajstić information content (AvgIpc) is 2.17. The molecule has 78 valence electrons. The third-order valence-electron chi connectivity index (χ3n) is 2.41. The molecule has 1 unspecified atom stereocenters. The van der Waals surface area contributed by atoms with Crippen LogP contribution >= 0.6 is 0 Å². The van der Waals surface area contributed by atoms with Crippen LogP contribution in [0.25, 0.3) is 0 Å². The van der Waals surface area contributed by atoms with Crippen LogP contribution in [0.15, 0.2) is 12.1 Å². The van der Waals surface area contributed by atoms with E-state index in [9.17, 15) is 4.39 Å². The highest BCUT2D eigenvalue weighted by atomic mass is 19.1. The Morgan fingerprint density at radius 3 is 2.64 bits per heavy atom. The molecule has 0 amide bonds. The Hall–Kier alpha value is -0.930. The van der Waals surface area contributed by atoms with Crippen LogP contribution in [0.2, 0.25) is 0 Å². The molecule has 14 heavy (non-hydrogen) atoms. The number of benzene rings is 1. The first kappa shape index (κ1) is 11.1. The maximum absolute atomic E-state index is 13.3. The minimum atomic E-state index is -0.416. The lowest BCUT2D eigenvalue weighted by Crippen LogP contribution is -2.16. The van der Waals surface area contributed by atoms with Crippen LogP contribution < -0.4 is 5.73 Å². The van der Waals surface area contributed by atoms with Gasteiger partial charge in [-0.15, -0.1) is 0 Å². The van der Waals surface area contributed by atoms with E-state index in [1.54, 1.807) is 13.0 Å². The van der Waals surface area contributed by atoms with Gasteiger partial charge in [0.25, 0.3) is 0 Å². The highest BCUT2D eigenvalue weighted by Gasteiger charge is 2.11. The molecule has 3 heteroatoms. The molecule has 2 nitrogen and oxygen atoms in total. The highest BCUT2D eigenvalue weighted by molar-refractivity contribution is 5.34. The standard InChI is InChI=1S/C11H16FNO/c1-3-8-5-9(11(13)6-14)7(2)4-10(8)12/h4-5,11,14H,3,6,13H2,1-2H3. The van der Waals surface area contributed by atoms with E-state index in [1.807, 2.05) is 6.92 Å². The molecule has 0 aliphatic heterocycles. The van der Waals surface area contributed by atoms with Crippen molar-refractivity contribution in [3.63, 3.8) is 0 Å². The molecule has 0 spiro atoms. The third kappa shape index (κ3) is 2.11. The van der Waals surface area contributed by atoms with Crippen molar-refractivity contribution < 1.29 is 9.50 Å².